The van der Waals surface area contributed by atoms with Crippen LogP contribution in [0.4, 0.5) is 0 Å². The molecule has 0 rings (SSSR count). The highest BCUT2D eigenvalue weighted by molar-refractivity contribution is 5.79. The molecule has 0 spiro atoms. The van der Waals surface area contributed by atoms with Crippen LogP contribution >= 0.6 is 0 Å². The van der Waals surface area contributed by atoms with Crippen molar-refractivity contribution in [3.63, 3.8) is 0 Å². The normalized spacial score (nSPS) is 10.7. The standard InChI is InChI=1S/C16H32N2O7/c1-21-9-5-17(6-10-22-2)15(19)13-25-14-16(20)18(7-11-23-3)8-12-24-4/h5-14H2,1-4H3. The van der Waals surface area contributed by atoms with Crippen LogP contribution in [-0.4, -0.2) is 116 Å². The average molecular weight is 364 g/mol. The first-order chi connectivity index (χ1) is 12.1. The molecule has 2 amide bonds. The van der Waals surface area contributed by atoms with E-state index in [0.29, 0.717) is 52.6 Å². The summed E-state index contributed by atoms with van der Waals surface area (Å²) in [5, 5.41) is 0. The van der Waals surface area contributed by atoms with Crippen molar-refractivity contribution in [1.82, 2.24) is 9.80 Å². The molecule has 0 heterocycles. The summed E-state index contributed by atoms with van der Waals surface area (Å²) in [5.41, 5.74) is 0. The monoisotopic (exact) mass is 364 g/mol. The summed E-state index contributed by atoms with van der Waals surface area (Å²) in [6.07, 6.45) is 0. The summed E-state index contributed by atoms with van der Waals surface area (Å²) in [6.45, 7) is 3.17. The fourth-order valence-electron chi connectivity index (χ4n) is 1.94. The predicted molar refractivity (Wildman–Crippen MR) is 91.5 cm³/mol. The van der Waals surface area contributed by atoms with Crippen LogP contribution in [0.1, 0.15) is 0 Å². The lowest BCUT2D eigenvalue weighted by Crippen LogP contribution is -2.41. The highest BCUT2D eigenvalue weighted by Gasteiger charge is 2.16. The number of hydrogen-bond acceptors (Lipinski definition) is 7. The maximum absolute atomic E-state index is 12.2. The summed E-state index contributed by atoms with van der Waals surface area (Å²) >= 11 is 0. The second-order valence-electron chi connectivity index (χ2n) is 5.23. The minimum atomic E-state index is -0.206. The largest absolute Gasteiger partial charge is 0.383 e. The van der Waals surface area contributed by atoms with Gasteiger partial charge in [0, 0.05) is 54.6 Å². The van der Waals surface area contributed by atoms with Crippen LogP contribution in [-0.2, 0) is 33.3 Å². The number of amides is 2. The van der Waals surface area contributed by atoms with Crippen molar-refractivity contribution < 1.29 is 33.3 Å². The van der Waals surface area contributed by atoms with Crippen LogP contribution in [0.3, 0.4) is 0 Å². The Balaban J connectivity index is 4.31. The molecule has 0 unspecified atom stereocenters. The Labute approximate surface area is 150 Å². The van der Waals surface area contributed by atoms with Crippen molar-refractivity contribution in [3.05, 3.63) is 0 Å². The lowest BCUT2D eigenvalue weighted by molar-refractivity contribution is -0.143. The van der Waals surface area contributed by atoms with Gasteiger partial charge in [-0.1, -0.05) is 0 Å². The summed E-state index contributed by atoms with van der Waals surface area (Å²) in [7, 11) is 6.29. The fourth-order valence-corrected chi connectivity index (χ4v) is 1.94. The van der Waals surface area contributed by atoms with Crippen LogP contribution in [0.2, 0.25) is 0 Å². The topological polar surface area (TPSA) is 86.8 Å². The molecule has 0 aliphatic rings. The van der Waals surface area contributed by atoms with Gasteiger partial charge in [0.2, 0.25) is 11.8 Å². The molecule has 0 aliphatic carbocycles. The first-order valence-corrected chi connectivity index (χ1v) is 8.19. The summed E-state index contributed by atoms with van der Waals surface area (Å²) in [5.74, 6) is -0.413. The van der Waals surface area contributed by atoms with Crippen LogP contribution in [0.15, 0.2) is 0 Å². The van der Waals surface area contributed by atoms with Gasteiger partial charge >= 0.3 is 0 Å². The molecule has 0 aromatic rings. The van der Waals surface area contributed by atoms with E-state index in [2.05, 4.69) is 0 Å². The molecule has 0 N–H and O–H groups in total. The van der Waals surface area contributed by atoms with E-state index in [9.17, 15) is 9.59 Å². The molecule has 148 valence electrons. The van der Waals surface area contributed by atoms with Crippen molar-refractivity contribution in [2.45, 2.75) is 0 Å². The van der Waals surface area contributed by atoms with Gasteiger partial charge in [-0.2, -0.15) is 0 Å². The smallest absolute Gasteiger partial charge is 0.248 e. The number of methoxy groups -OCH3 is 4. The van der Waals surface area contributed by atoms with Crippen LogP contribution in [0, 0.1) is 0 Å². The summed E-state index contributed by atoms with van der Waals surface area (Å²) in [6, 6.07) is 0. The second kappa shape index (κ2) is 16.2. The van der Waals surface area contributed by atoms with E-state index in [1.807, 2.05) is 0 Å². The van der Waals surface area contributed by atoms with Crippen LogP contribution < -0.4 is 0 Å². The Morgan fingerprint density at radius 3 is 1.12 bits per heavy atom. The summed E-state index contributed by atoms with van der Waals surface area (Å²) in [4.78, 5) is 27.5. The lowest BCUT2D eigenvalue weighted by atomic mass is 10.4. The zero-order chi connectivity index (χ0) is 18.9. The third kappa shape index (κ3) is 11.8. The first kappa shape index (κ1) is 23.7. The molecule has 0 aromatic heterocycles. The van der Waals surface area contributed by atoms with Crippen molar-refractivity contribution >= 4 is 11.8 Å². The molecule has 0 saturated heterocycles. The van der Waals surface area contributed by atoms with Crippen molar-refractivity contribution in [2.24, 2.45) is 0 Å². The second-order valence-corrected chi connectivity index (χ2v) is 5.23. The Bertz CT molecular complexity index is 307. The third-order valence-corrected chi connectivity index (χ3v) is 3.42. The molecule has 0 bridgehead atoms. The molecule has 0 aliphatic heterocycles. The van der Waals surface area contributed by atoms with Gasteiger partial charge in [0.05, 0.1) is 26.4 Å². The number of rotatable bonds is 16. The maximum Gasteiger partial charge on any atom is 0.248 e. The molecule has 0 fully saturated rings. The van der Waals surface area contributed by atoms with Crippen molar-refractivity contribution in [3.8, 4) is 0 Å². The van der Waals surface area contributed by atoms with Crippen LogP contribution in [0.5, 0.6) is 0 Å². The third-order valence-electron chi connectivity index (χ3n) is 3.42. The molecule has 9 nitrogen and oxygen atoms in total. The van der Waals surface area contributed by atoms with Gasteiger partial charge in [-0.05, 0) is 0 Å². The zero-order valence-corrected chi connectivity index (χ0v) is 15.8. The number of hydrogen-bond donors (Lipinski definition) is 0. The van der Waals surface area contributed by atoms with E-state index in [1.54, 1.807) is 38.2 Å². The van der Waals surface area contributed by atoms with E-state index in [4.69, 9.17) is 23.7 Å². The van der Waals surface area contributed by atoms with E-state index < -0.39 is 0 Å². The quantitative estimate of drug-likeness (QED) is 0.356. The molecule has 0 saturated carbocycles. The van der Waals surface area contributed by atoms with E-state index in [0.717, 1.165) is 0 Å². The van der Waals surface area contributed by atoms with Gasteiger partial charge in [-0.3, -0.25) is 9.59 Å². The van der Waals surface area contributed by atoms with Crippen LogP contribution in [0.25, 0.3) is 0 Å². The lowest BCUT2D eigenvalue weighted by Gasteiger charge is -2.23. The Morgan fingerprint density at radius 1 is 0.600 bits per heavy atom. The van der Waals surface area contributed by atoms with Crippen molar-refractivity contribution in [2.75, 3.05) is 94.3 Å². The molecule has 9 heteroatoms. The number of carbonyl (C=O) groups is 2. The average Bonchev–Trinajstić information content (AvgIpc) is 2.61. The van der Waals surface area contributed by atoms with Gasteiger partial charge in [-0.25, -0.2) is 0 Å². The van der Waals surface area contributed by atoms with Gasteiger partial charge in [-0.15, -0.1) is 0 Å². The summed E-state index contributed by atoms with van der Waals surface area (Å²) < 4.78 is 25.3. The van der Waals surface area contributed by atoms with Crippen molar-refractivity contribution in [1.29, 1.82) is 0 Å². The van der Waals surface area contributed by atoms with Gasteiger partial charge in [0.15, 0.2) is 0 Å². The predicted octanol–water partition coefficient (Wildman–Crippen LogP) is -0.754. The first-order valence-electron chi connectivity index (χ1n) is 8.19. The highest BCUT2D eigenvalue weighted by atomic mass is 16.5. The highest BCUT2D eigenvalue weighted by Crippen LogP contribution is 1.96. The minimum absolute atomic E-state index is 0.165. The number of ether oxygens (including phenoxy) is 5. The Morgan fingerprint density at radius 2 is 0.880 bits per heavy atom. The molecular weight excluding hydrogens is 332 g/mol. The SMILES string of the molecule is COCCN(CCOC)C(=O)COCC(=O)N(CCOC)CCOC. The molecule has 0 aromatic carbocycles. The molecule has 0 radical (unpaired) electrons. The van der Waals surface area contributed by atoms with E-state index >= 15 is 0 Å². The Kier molecular flexibility index (Phi) is 15.4. The minimum Gasteiger partial charge on any atom is -0.383 e. The van der Waals surface area contributed by atoms with Gasteiger partial charge < -0.3 is 33.5 Å². The number of nitrogens with zero attached hydrogens (tertiary/aromatic N) is 2. The Hall–Kier alpha value is -1.26. The number of carbonyl (C=O) groups excluding carboxylic acids is 2. The van der Waals surface area contributed by atoms with E-state index in [-0.39, 0.29) is 25.0 Å². The maximum atomic E-state index is 12.2. The van der Waals surface area contributed by atoms with Gasteiger partial charge in [0.1, 0.15) is 13.2 Å². The molecule has 25 heavy (non-hydrogen) atoms. The zero-order valence-electron chi connectivity index (χ0n) is 15.8. The van der Waals surface area contributed by atoms with Gasteiger partial charge in [0.25, 0.3) is 0 Å². The fraction of sp³-hybridized carbons (Fsp3) is 0.875. The molecule has 0 atom stereocenters. The van der Waals surface area contributed by atoms with E-state index in [1.165, 1.54) is 0 Å². The molecular formula is C16H32N2O7.